The molecule has 0 aliphatic rings. The molecule has 0 atom stereocenters. The molecule has 4 nitrogen and oxygen atoms in total. The summed E-state index contributed by atoms with van der Waals surface area (Å²) >= 11 is 0. The first-order chi connectivity index (χ1) is 8.90. The fourth-order valence-corrected chi connectivity index (χ4v) is 1.67. The van der Waals surface area contributed by atoms with Crippen LogP contribution in [0.25, 0.3) is 0 Å². The molecule has 0 fully saturated rings. The fourth-order valence-electron chi connectivity index (χ4n) is 1.67. The number of carbonyl (C=O) groups is 2. The van der Waals surface area contributed by atoms with Crippen LogP contribution in [0.4, 0.5) is 4.39 Å². The molecule has 0 spiro atoms. The number of hydrogen-bond acceptors (Lipinski definition) is 2. The minimum absolute atomic E-state index is 0.0976. The summed E-state index contributed by atoms with van der Waals surface area (Å²) in [5, 5.41) is 8.70. The number of carboxylic acid groups (broad SMARTS) is 1. The number of rotatable bonds is 6. The number of nitrogens with zero attached hydrogens (tertiary/aromatic N) is 1. The first-order valence-corrected chi connectivity index (χ1v) is 6.15. The van der Waals surface area contributed by atoms with E-state index in [9.17, 15) is 14.0 Å². The second-order valence-corrected chi connectivity index (χ2v) is 4.68. The Hall–Kier alpha value is -1.91. The van der Waals surface area contributed by atoms with Crippen molar-refractivity contribution in [2.45, 2.75) is 26.8 Å². The molecule has 0 aromatic heterocycles. The van der Waals surface area contributed by atoms with E-state index in [0.29, 0.717) is 6.54 Å². The van der Waals surface area contributed by atoms with Gasteiger partial charge in [-0.3, -0.25) is 9.59 Å². The third kappa shape index (κ3) is 5.07. The highest BCUT2D eigenvalue weighted by molar-refractivity contribution is 5.78. The fraction of sp³-hybridized carbons (Fsp3) is 0.429. The molecule has 0 saturated heterocycles. The lowest BCUT2D eigenvalue weighted by Crippen LogP contribution is -2.35. The van der Waals surface area contributed by atoms with E-state index in [1.165, 1.54) is 17.0 Å². The monoisotopic (exact) mass is 267 g/mol. The maximum atomic E-state index is 12.8. The predicted molar refractivity (Wildman–Crippen MR) is 68.9 cm³/mol. The van der Waals surface area contributed by atoms with E-state index in [4.69, 9.17) is 5.11 Å². The van der Waals surface area contributed by atoms with Gasteiger partial charge in [0.15, 0.2) is 0 Å². The molecule has 0 heterocycles. The van der Waals surface area contributed by atoms with Gasteiger partial charge in [0.1, 0.15) is 5.82 Å². The highest BCUT2D eigenvalue weighted by Crippen LogP contribution is 2.10. The molecule has 0 saturated carbocycles. The molecular formula is C14H18FNO3. The molecule has 0 aliphatic heterocycles. The van der Waals surface area contributed by atoms with Crippen molar-refractivity contribution in [2.24, 2.45) is 5.92 Å². The first-order valence-electron chi connectivity index (χ1n) is 6.15. The van der Waals surface area contributed by atoms with Gasteiger partial charge in [-0.15, -0.1) is 0 Å². The van der Waals surface area contributed by atoms with Crippen LogP contribution in [0.15, 0.2) is 24.3 Å². The molecule has 1 aromatic rings. The molecule has 1 aromatic carbocycles. The second-order valence-electron chi connectivity index (χ2n) is 4.68. The van der Waals surface area contributed by atoms with Gasteiger partial charge < -0.3 is 10.0 Å². The van der Waals surface area contributed by atoms with Crippen molar-refractivity contribution in [3.8, 4) is 0 Å². The lowest BCUT2D eigenvalue weighted by molar-refractivity contribution is -0.139. The molecule has 0 aliphatic carbocycles. The standard InChI is InChI=1S/C14H18FNO3/c1-10(2)14(19)16(8-7-13(17)18)9-11-3-5-12(15)6-4-11/h3-6,10H,7-9H2,1-2H3,(H,17,18). The van der Waals surface area contributed by atoms with Crippen molar-refractivity contribution in [2.75, 3.05) is 6.54 Å². The Kier molecular flexibility index (Phi) is 5.48. The molecule has 0 bridgehead atoms. The van der Waals surface area contributed by atoms with E-state index in [2.05, 4.69) is 0 Å². The van der Waals surface area contributed by atoms with E-state index < -0.39 is 5.97 Å². The second kappa shape index (κ2) is 6.87. The van der Waals surface area contributed by atoms with Crippen molar-refractivity contribution in [3.63, 3.8) is 0 Å². The van der Waals surface area contributed by atoms with E-state index in [1.807, 2.05) is 0 Å². The van der Waals surface area contributed by atoms with E-state index in [1.54, 1.807) is 26.0 Å². The zero-order chi connectivity index (χ0) is 14.4. The topological polar surface area (TPSA) is 57.6 Å². The zero-order valence-electron chi connectivity index (χ0n) is 11.1. The van der Waals surface area contributed by atoms with Crippen LogP contribution in [0.3, 0.4) is 0 Å². The van der Waals surface area contributed by atoms with Crippen LogP contribution in [-0.2, 0) is 16.1 Å². The van der Waals surface area contributed by atoms with Gasteiger partial charge in [0, 0.05) is 19.0 Å². The summed E-state index contributed by atoms with van der Waals surface area (Å²) in [5.41, 5.74) is 0.779. The molecule has 1 rings (SSSR count). The number of benzene rings is 1. The van der Waals surface area contributed by atoms with Crippen molar-refractivity contribution in [1.82, 2.24) is 4.90 Å². The zero-order valence-corrected chi connectivity index (χ0v) is 11.1. The number of carboxylic acids is 1. The Labute approximate surface area is 111 Å². The van der Waals surface area contributed by atoms with Crippen LogP contribution in [0.5, 0.6) is 0 Å². The third-order valence-electron chi connectivity index (χ3n) is 2.69. The summed E-state index contributed by atoms with van der Waals surface area (Å²) in [6, 6.07) is 5.84. The summed E-state index contributed by atoms with van der Waals surface area (Å²) in [7, 11) is 0. The van der Waals surface area contributed by atoms with Gasteiger partial charge in [0.05, 0.1) is 6.42 Å². The Balaban J connectivity index is 2.75. The Bertz CT molecular complexity index is 443. The quantitative estimate of drug-likeness (QED) is 0.860. The molecule has 0 unspecified atom stereocenters. The summed E-state index contributed by atoms with van der Waals surface area (Å²) in [5.74, 6) is -1.59. The lowest BCUT2D eigenvalue weighted by Gasteiger charge is -2.24. The van der Waals surface area contributed by atoms with Crippen molar-refractivity contribution in [3.05, 3.63) is 35.6 Å². The van der Waals surface area contributed by atoms with Gasteiger partial charge in [0.2, 0.25) is 5.91 Å². The van der Waals surface area contributed by atoms with Crippen LogP contribution in [0.1, 0.15) is 25.8 Å². The van der Waals surface area contributed by atoms with Crippen LogP contribution < -0.4 is 0 Å². The summed E-state index contributed by atoms with van der Waals surface area (Å²) in [6.07, 6.45) is -0.0976. The minimum atomic E-state index is -0.944. The smallest absolute Gasteiger partial charge is 0.305 e. The Morgan fingerprint density at radius 3 is 2.32 bits per heavy atom. The number of carbonyl (C=O) groups excluding carboxylic acids is 1. The van der Waals surface area contributed by atoms with E-state index in [0.717, 1.165) is 5.56 Å². The maximum absolute atomic E-state index is 12.8. The average molecular weight is 267 g/mol. The lowest BCUT2D eigenvalue weighted by atomic mass is 10.1. The first kappa shape index (κ1) is 15.1. The Morgan fingerprint density at radius 2 is 1.84 bits per heavy atom. The van der Waals surface area contributed by atoms with Gasteiger partial charge in [-0.1, -0.05) is 26.0 Å². The van der Waals surface area contributed by atoms with Gasteiger partial charge in [-0.2, -0.15) is 0 Å². The highest BCUT2D eigenvalue weighted by atomic mass is 19.1. The van der Waals surface area contributed by atoms with Crippen LogP contribution in [0, 0.1) is 11.7 Å². The third-order valence-corrected chi connectivity index (χ3v) is 2.69. The number of hydrogen-bond donors (Lipinski definition) is 1. The normalized spacial score (nSPS) is 10.5. The predicted octanol–water partition coefficient (Wildman–Crippen LogP) is 2.29. The number of amides is 1. The van der Waals surface area contributed by atoms with Gasteiger partial charge in [0.25, 0.3) is 0 Å². The van der Waals surface area contributed by atoms with Gasteiger partial charge in [-0.25, -0.2) is 4.39 Å². The van der Waals surface area contributed by atoms with Crippen molar-refractivity contribution < 1.29 is 19.1 Å². The van der Waals surface area contributed by atoms with Crippen LogP contribution in [0.2, 0.25) is 0 Å². The SMILES string of the molecule is CC(C)C(=O)N(CCC(=O)O)Cc1ccc(F)cc1. The molecule has 1 amide bonds. The molecule has 104 valence electrons. The minimum Gasteiger partial charge on any atom is -0.481 e. The average Bonchev–Trinajstić information content (AvgIpc) is 2.35. The van der Waals surface area contributed by atoms with Gasteiger partial charge >= 0.3 is 5.97 Å². The molecule has 5 heteroatoms. The van der Waals surface area contributed by atoms with Crippen LogP contribution in [-0.4, -0.2) is 28.4 Å². The van der Waals surface area contributed by atoms with Crippen molar-refractivity contribution in [1.29, 1.82) is 0 Å². The highest BCUT2D eigenvalue weighted by Gasteiger charge is 2.18. The molecule has 0 radical (unpaired) electrons. The summed E-state index contributed by atoms with van der Waals surface area (Å²) in [6.45, 7) is 3.98. The summed E-state index contributed by atoms with van der Waals surface area (Å²) < 4.78 is 12.8. The van der Waals surface area contributed by atoms with Gasteiger partial charge in [-0.05, 0) is 17.7 Å². The summed E-state index contributed by atoms with van der Waals surface area (Å²) in [4.78, 5) is 24.1. The molecule has 1 N–H and O–H groups in total. The van der Waals surface area contributed by atoms with E-state index in [-0.39, 0.29) is 30.6 Å². The largest absolute Gasteiger partial charge is 0.481 e. The van der Waals surface area contributed by atoms with E-state index >= 15 is 0 Å². The Morgan fingerprint density at radius 1 is 1.26 bits per heavy atom. The molecular weight excluding hydrogens is 249 g/mol. The molecule has 19 heavy (non-hydrogen) atoms. The maximum Gasteiger partial charge on any atom is 0.305 e. The number of halogens is 1. The van der Waals surface area contributed by atoms with Crippen LogP contribution >= 0.6 is 0 Å². The van der Waals surface area contributed by atoms with Crippen molar-refractivity contribution >= 4 is 11.9 Å². The number of aliphatic carboxylic acids is 1.